The largest absolute Gasteiger partial charge is 0.330 e. The second kappa shape index (κ2) is 6.86. The van der Waals surface area contributed by atoms with Crippen molar-refractivity contribution in [2.75, 3.05) is 0 Å². The van der Waals surface area contributed by atoms with Crippen LogP contribution < -0.4 is 16.6 Å². The molecule has 0 spiro atoms. The van der Waals surface area contributed by atoms with Gasteiger partial charge in [-0.3, -0.25) is 23.6 Å². The fourth-order valence-corrected chi connectivity index (χ4v) is 3.47. The third kappa shape index (κ3) is 2.97. The maximum Gasteiger partial charge on any atom is 0.330 e. The quantitative estimate of drug-likeness (QED) is 0.789. The summed E-state index contributed by atoms with van der Waals surface area (Å²) in [7, 11) is 2.88. The van der Waals surface area contributed by atoms with Crippen molar-refractivity contribution in [3.05, 3.63) is 68.5 Å². The molecule has 3 amide bonds. The first-order valence-corrected chi connectivity index (χ1v) is 8.77. The fraction of sp³-hybridized carbons (Fsp3) is 0.368. The van der Waals surface area contributed by atoms with Gasteiger partial charge in [0.15, 0.2) is 0 Å². The van der Waals surface area contributed by atoms with E-state index in [0.29, 0.717) is 24.1 Å². The zero-order chi connectivity index (χ0) is 19.8. The number of amides is 3. The van der Waals surface area contributed by atoms with Gasteiger partial charge in [-0.05, 0) is 12.0 Å². The van der Waals surface area contributed by atoms with Crippen LogP contribution in [0.2, 0.25) is 0 Å². The number of aromatic nitrogens is 2. The molecule has 1 unspecified atom stereocenters. The minimum absolute atomic E-state index is 0.148. The van der Waals surface area contributed by atoms with E-state index in [1.54, 1.807) is 0 Å². The highest BCUT2D eigenvalue weighted by Crippen LogP contribution is 2.34. The summed E-state index contributed by atoms with van der Waals surface area (Å²) in [5.41, 5.74) is -1.11. The van der Waals surface area contributed by atoms with E-state index in [2.05, 4.69) is 5.32 Å². The van der Waals surface area contributed by atoms with Gasteiger partial charge in [-0.1, -0.05) is 43.7 Å². The highest BCUT2D eigenvalue weighted by atomic mass is 16.2. The third-order valence-electron chi connectivity index (χ3n) is 5.01. The Bertz CT molecular complexity index is 1010. The molecule has 0 saturated carbocycles. The predicted octanol–water partition coefficient (Wildman–Crippen LogP) is 0.831. The zero-order valence-electron chi connectivity index (χ0n) is 15.6. The number of hydrogen-bond donors (Lipinski definition) is 1. The Balaban J connectivity index is 2.02. The number of carbonyl (C=O) groups is 2. The van der Waals surface area contributed by atoms with Crippen LogP contribution in [0.15, 0.2) is 46.0 Å². The molecule has 1 saturated heterocycles. The van der Waals surface area contributed by atoms with Gasteiger partial charge in [-0.15, -0.1) is 0 Å². The smallest absolute Gasteiger partial charge is 0.319 e. The second-order valence-corrected chi connectivity index (χ2v) is 6.72. The molecule has 8 heteroatoms. The van der Waals surface area contributed by atoms with Gasteiger partial charge in [-0.25, -0.2) is 9.59 Å². The van der Waals surface area contributed by atoms with E-state index in [9.17, 15) is 19.2 Å². The average Bonchev–Trinajstić information content (AvgIpc) is 2.90. The van der Waals surface area contributed by atoms with E-state index < -0.39 is 22.8 Å². The molecule has 0 aliphatic carbocycles. The molecule has 0 radical (unpaired) electrons. The third-order valence-corrected chi connectivity index (χ3v) is 5.01. The van der Waals surface area contributed by atoms with Crippen molar-refractivity contribution >= 4 is 11.9 Å². The molecule has 1 atom stereocenters. The molecule has 8 nitrogen and oxygen atoms in total. The van der Waals surface area contributed by atoms with Gasteiger partial charge in [0.1, 0.15) is 5.54 Å². The molecule has 1 aliphatic rings. The lowest BCUT2D eigenvalue weighted by atomic mass is 9.85. The summed E-state index contributed by atoms with van der Waals surface area (Å²) in [4.78, 5) is 51.0. The Hall–Kier alpha value is -3.16. The SMILES string of the molecule is CCCC1(c2ccccc2)NC(=O)N(Cc2cc(=O)n(C)c(=O)n2C)C1=O. The minimum atomic E-state index is -1.13. The summed E-state index contributed by atoms with van der Waals surface area (Å²) >= 11 is 0. The number of rotatable bonds is 5. The van der Waals surface area contributed by atoms with Crippen LogP contribution in [-0.4, -0.2) is 26.0 Å². The molecule has 142 valence electrons. The van der Waals surface area contributed by atoms with Crippen molar-refractivity contribution in [2.45, 2.75) is 31.8 Å². The normalized spacial score (nSPS) is 19.4. The highest BCUT2D eigenvalue weighted by molar-refractivity contribution is 6.07. The summed E-state index contributed by atoms with van der Waals surface area (Å²) in [6.45, 7) is 1.79. The zero-order valence-corrected chi connectivity index (χ0v) is 15.6. The van der Waals surface area contributed by atoms with Gasteiger partial charge in [0.25, 0.3) is 11.5 Å². The lowest BCUT2D eigenvalue weighted by molar-refractivity contribution is -0.132. The molecule has 1 fully saturated rings. The number of urea groups is 1. The lowest BCUT2D eigenvalue weighted by Crippen LogP contribution is -2.44. The predicted molar refractivity (Wildman–Crippen MR) is 99.0 cm³/mol. The molecule has 1 aliphatic heterocycles. The van der Waals surface area contributed by atoms with Gasteiger partial charge >= 0.3 is 11.7 Å². The van der Waals surface area contributed by atoms with Gasteiger partial charge < -0.3 is 5.32 Å². The van der Waals surface area contributed by atoms with E-state index in [1.165, 1.54) is 24.7 Å². The van der Waals surface area contributed by atoms with Crippen molar-refractivity contribution in [1.29, 1.82) is 0 Å². The number of nitrogens with zero attached hydrogens (tertiary/aromatic N) is 3. The topological polar surface area (TPSA) is 93.4 Å². The fourth-order valence-electron chi connectivity index (χ4n) is 3.47. The van der Waals surface area contributed by atoms with E-state index in [0.717, 1.165) is 9.47 Å². The minimum Gasteiger partial charge on any atom is -0.319 e. The number of benzene rings is 1. The van der Waals surface area contributed by atoms with Crippen LogP contribution in [0.5, 0.6) is 0 Å². The molecule has 2 heterocycles. The molecular weight excluding hydrogens is 348 g/mol. The summed E-state index contributed by atoms with van der Waals surface area (Å²) in [6, 6.07) is 9.84. The van der Waals surface area contributed by atoms with Crippen molar-refractivity contribution < 1.29 is 9.59 Å². The number of imide groups is 1. The first-order chi connectivity index (χ1) is 12.8. The standard InChI is InChI=1S/C19H22N4O4/c1-4-10-19(13-8-6-5-7-9-13)16(25)23(17(26)20-19)12-14-11-15(24)22(3)18(27)21(14)2/h5-9,11H,4,10,12H2,1-3H3,(H,20,26). The monoisotopic (exact) mass is 370 g/mol. The van der Waals surface area contributed by atoms with Gasteiger partial charge in [0.05, 0.1) is 6.54 Å². The van der Waals surface area contributed by atoms with Crippen molar-refractivity contribution in [2.24, 2.45) is 14.1 Å². The van der Waals surface area contributed by atoms with Crippen molar-refractivity contribution in [3.63, 3.8) is 0 Å². The molecule has 3 rings (SSSR count). The van der Waals surface area contributed by atoms with Crippen LogP contribution in [0.25, 0.3) is 0 Å². The molecule has 2 aromatic rings. The summed E-state index contributed by atoms with van der Waals surface area (Å²) in [5, 5.41) is 2.83. The number of carbonyl (C=O) groups excluding carboxylic acids is 2. The first-order valence-electron chi connectivity index (χ1n) is 8.77. The second-order valence-electron chi connectivity index (χ2n) is 6.72. The molecule has 1 N–H and O–H groups in total. The Morgan fingerprint density at radius 2 is 1.67 bits per heavy atom. The van der Waals surface area contributed by atoms with Crippen LogP contribution in [0, 0.1) is 0 Å². The van der Waals surface area contributed by atoms with Crippen LogP contribution in [-0.2, 0) is 31.0 Å². The van der Waals surface area contributed by atoms with Gasteiger partial charge in [0, 0.05) is 25.9 Å². The van der Waals surface area contributed by atoms with Crippen molar-refractivity contribution in [1.82, 2.24) is 19.4 Å². The van der Waals surface area contributed by atoms with Crippen LogP contribution in [0.1, 0.15) is 31.0 Å². The van der Waals surface area contributed by atoms with Gasteiger partial charge in [0.2, 0.25) is 0 Å². The van der Waals surface area contributed by atoms with Crippen LogP contribution >= 0.6 is 0 Å². The molecule has 0 bridgehead atoms. The molecule has 1 aromatic carbocycles. The molecular formula is C19H22N4O4. The Morgan fingerprint density at radius 1 is 1.00 bits per heavy atom. The first kappa shape index (κ1) is 18.6. The van der Waals surface area contributed by atoms with E-state index in [4.69, 9.17) is 0 Å². The molecule has 27 heavy (non-hydrogen) atoms. The van der Waals surface area contributed by atoms with E-state index >= 15 is 0 Å². The Kier molecular flexibility index (Phi) is 4.73. The van der Waals surface area contributed by atoms with E-state index in [1.807, 2.05) is 37.3 Å². The number of hydrogen-bond acceptors (Lipinski definition) is 4. The van der Waals surface area contributed by atoms with Gasteiger partial charge in [-0.2, -0.15) is 0 Å². The lowest BCUT2D eigenvalue weighted by Gasteiger charge is -2.27. The maximum absolute atomic E-state index is 13.3. The van der Waals surface area contributed by atoms with Crippen molar-refractivity contribution in [3.8, 4) is 0 Å². The molecule has 1 aromatic heterocycles. The average molecular weight is 370 g/mol. The summed E-state index contributed by atoms with van der Waals surface area (Å²) in [5.74, 6) is -0.381. The van der Waals surface area contributed by atoms with Crippen LogP contribution in [0.4, 0.5) is 4.79 Å². The van der Waals surface area contributed by atoms with E-state index in [-0.39, 0.29) is 12.5 Å². The number of nitrogens with one attached hydrogen (secondary N) is 1. The Morgan fingerprint density at radius 3 is 2.30 bits per heavy atom. The maximum atomic E-state index is 13.3. The Labute approximate surface area is 156 Å². The highest BCUT2D eigenvalue weighted by Gasteiger charge is 2.51. The summed E-state index contributed by atoms with van der Waals surface area (Å²) < 4.78 is 2.24. The summed E-state index contributed by atoms with van der Waals surface area (Å²) in [6.07, 6.45) is 1.15. The van der Waals surface area contributed by atoms with Crippen LogP contribution in [0.3, 0.4) is 0 Å².